The standard InChI is InChI=1S/C21H22N4O5/c1-13(22-19(26)17-10-6-12-29-17)21(27)25-11-5-8-15(25)20-23-18(24-30-20)14-7-3-4-9-16(14)28-2/h3-4,6-7,9-10,12-13,15H,5,8,11H2,1-2H3,(H,22,26)/t13-,15-/m0/s1. The maximum Gasteiger partial charge on any atom is 0.287 e. The van der Waals surface area contributed by atoms with E-state index in [0.29, 0.717) is 36.0 Å². The summed E-state index contributed by atoms with van der Waals surface area (Å²) >= 11 is 0. The minimum Gasteiger partial charge on any atom is -0.496 e. The van der Waals surface area contributed by atoms with Gasteiger partial charge in [0, 0.05) is 6.54 Å². The Morgan fingerprint density at radius 2 is 2.10 bits per heavy atom. The molecule has 0 aliphatic carbocycles. The van der Waals surface area contributed by atoms with E-state index in [9.17, 15) is 9.59 Å². The first-order valence-corrected chi connectivity index (χ1v) is 9.70. The summed E-state index contributed by atoms with van der Waals surface area (Å²) in [5.41, 5.74) is 0.713. The Kier molecular flexibility index (Phi) is 5.51. The van der Waals surface area contributed by atoms with Crippen LogP contribution < -0.4 is 10.1 Å². The molecule has 0 unspecified atom stereocenters. The smallest absolute Gasteiger partial charge is 0.287 e. The predicted molar refractivity (Wildman–Crippen MR) is 106 cm³/mol. The van der Waals surface area contributed by atoms with Crippen molar-refractivity contribution in [2.45, 2.75) is 31.8 Å². The predicted octanol–water partition coefficient (Wildman–Crippen LogP) is 2.82. The van der Waals surface area contributed by atoms with Crippen LogP contribution in [-0.2, 0) is 4.79 Å². The zero-order chi connectivity index (χ0) is 21.1. The van der Waals surface area contributed by atoms with Crippen molar-refractivity contribution < 1.29 is 23.3 Å². The van der Waals surface area contributed by atoms with E-state index in [1.165, 1.54) is 6.26 Å². The average molecular weight is 410 g/mol. The third kappa shape index (κ3) is 3.78. The second-order valence-electron chi connectivity index (χ2n) is 7.02. The summed E-state index contributed by atoms with van der Waals surface area (Å²) in [5.74, 6) is 0.916. The number of nitrogens with zero attached hydrogens (tertiary/aromatic N) is 3. The highest BCUT2D eigenvalue weighted by atomic mass is 16.5. The molecule has 1 aliphatic heterocycles. The Balaban J connectivity index is 1.49. The minimum absolute atomic E-state index is 0.158. The second kappa shape index (κ2) is 8.40. The van der Waals surface area contributed by atoms with Crippen LogP contribution in [0.5, 0.6) is 5.75 Å². The third-order valence-corrected chi connectivity index (χ3v) is 5.07. The van der Waals surface area contributed by atoms with E-state index < -0.39 is 11.9 Å². The highest BCUT2D eigenvalue weighted by molar-refractivity contribution is 5.95. The molecule has 1 aromatic carbocycles. The largest absolute Gasteiger partial charge is 0.496 e. The molecule has 0 radical (unpaired) electrons. The number of nitrogens with one attached hydrogen (secondary N) is 1. The Morgan fingerprint density at radius 1 is 1.27 bits per heavy atom. The van der Waals surface area contributed by atoms with Gasteiger partial charge in [-0.25, -0.2) is 0 Å². The number of hydrogen-bond acceptors (Lipinski definition) is 7. The molecule has 1 saturated heterocycles. The Morgan fingerprint density at radius 3 is 2.87 bits per heavy atom. The van der Waals surface area contributed by atoms with Gasteiger partial charge in [-0.3, -0.25) is 9.59 Å². The summed E-state index contributed by atoms with van der Waals surface area (Å²) < 4.78 is 15.9. The number of amides is 2. The van der Waals surface area contributed by atoms with Crippen LogP contribution >= 0.6 is 0 Å². The molecule has 0 spiro atoms. The van der Waals surface area contributed by atoms with Crippen molar-refractivity contribution in [3.05, 3.63) is 54.3 Å². The third-order valence-electron chi connectivity index (χ3n) is 5.07. The summed E-state index contributed by atoms with van der Waals surface area (Å²) in [5, 5.41) is 6.74. The molecule has 156 valence electrons. The molecule has 0 bridgehead atoms. The molecule has 2 amide bonds. The molecule has 1 N–H and O–H groups in total. The van der Waals surface area contributed by atoms with E-state index in [2.05, 4.69) is 15.5 Å². The summed E-state index contributed by atoms with van der Waals surface area (Å²) in [6.07, 6.45) is 2.92. The number of carbonyl (C=O) groups excluding carboxylic acids is 2. The van der Waals surface area contributed by atoms with E-state index in [4.69, 9.17) is 13.7 Å². The van der Waals surface area contributed by atoms with Crippen molar-refractivity contribution >= 4 is 11.8 Å². The zero-order valence-corrected chi connectivity index (χ0v) is 16.7. The SMILES string of the molecule is COc1ccccc1-c1noc([C@@H]2CCCN2C(=O)[C@H](C)NC(=O)c2ccco2)n1. The monoisotopic (exact) mass is 410 g/mol. The summed E-state index contributed by atoms with van der Waals surface area (Å²) in [7, 11) is 1.58. The normalized spacial score (nSPS) is 17.0. The molecule has 1 aliphatic rings. The molecule has 1 fully saturated rings. The molecule has 9 heteroatoms. The van der Waals surface area contributed by atoms with Crippen molar-refractivity contribution in [1.29, 1.82) is 0 Å². The van der Waals surface area contributed by atoms with E-state index in [0.717, 1.165) is 6.42 Å². The van der Waals surface area contributed by atoms with Crippen LogP contribution in [0.25, 0.3) is 11.4 Å². The first-order chi connectivity index (χ1) is 14.6. The maximum atomic E-state index is 13.0. The molecule has 2 aromatic heterocycles. The van der Waals surface area contributed by atoms with Crippen LogP contribution in [0.15, 0.2) is 51.6 Å². The Labute approximate surface area is 173 Å². The number of rotatable bonds is 6. The minimum atomic E-state index is -0.722. The number of likely N-dealkylation sites (tertiary alicyclic amines) is 1. The van der Waals surface area contributed by atoms with Crippen LogP contribution in [0.2, 0.25) is 0 Å². The maximum absolute atomic E-state index is 13.0. The van der Waals surface area contributed by atoms with Gasteiger partial charge in [0.1, 0.15) is 17.8 Å². The number of aromatic nitrogens is 2. The van der Waals surface area contributed by atoms with Gasteiger partial charge in [0.15, 0.2) is 5.76 Å². The van der Waals surface area contributed by atoms with Gasteiger partial charge in [0.25, 0.3) is 5.91 Å². The Hall–Kier alpha value is -3.62. The van der Waals surface area contributed by atoms with Gasteiger partial charge < -0.3 is 23.9 Å². The van der Waals surface area contributed by atoms with Crippen LogP contribution in [0.4, 0.5) is 0 Å². The fraction of sp³-hybridized carbons (Fsp3) is 0.333. The lowest BCUT2D eigenvalue weighted by Crippen LogP contribution is -2.46. The summed E-state index contributed by atoms with van der Waals surface area (Å²) in [6, 6.07) is 9.49. The average Bonchev–Trinajstić information content (AvgIpc) is 3.53. The highest BCUT2D eigenvalue weighted by Gasteiger charge is 2.36. The van der Waals surface area contributed by atoms with Crippen molar-refractivity contribution in [1.82, 2.24) is 20.4 Å². The molecule has 9 nitrogen and oxygen atoms in total. The van der Waals surface area contributed by atoms with Crippen LogP contribution in [0.1, 0.15) is 42.3 Å². The molecule has 2 atom stereocenters. The number of carbonyl (C=O) groups is 2. The lowest BCUT2D eigenvalue weighted by Gasteiger charge is -2.25. The van der Waals surface area contributed by atoms with Gasteiger partial charge in [-0.15, -0.1) is 0 Å². The summed E-state index contributed by atoms with van der Waals surface area (Å²) in [6.45, 7) is 2.20. The molecule has 3 aromatic rings. The zero-order valence-electron chi connectivity index (χ0n) is 16.7. The molecular weight excluding hydrogens is 388 g/mol. The van der Waals surface area contributed by atoms with Crippen molar-refractivity contribution in [3.8, 4) is 17.1 Å². The van der Waals surface area contributed by atoms with E-state index in [1.807, 2.05) is 24.3 Å². The van der Waals surface area contributed by atoms with Gasteiger partial charge in [-0.1, -0.05) is 17.3 Å². The second-order valence-corrected chi connectivity index (χ2v) is 7.02. The highest BCUT2D eigenvalue weighted by Crippen LogP contribution is 2.34. The lowest BCUT2D eigenvalue weighted by atomic mass is 10.2. The first kappa shape index (κ1) is 19.7. The number of hydrogen-bond donors (Lipinski definition) is 1. The van der Waals surface area contributed by atoms with Crippen molar-refractivity contribution in [3.63, 3.8) is 0 Å². The first-order valence-electron chi connectivity index (χ1n) is 9.70. The fourth-order valence-electron chi connectivity index (χ4n) is 3.58. The molecule has 30 heavy (non-hydrogen) atoms. The van der Waals surface area contributed by atoms with Gasteiger partial charge in [0.05, 0.1) is 18.9 Å². The Bertz CT molecular complexity index is 1030. The van der Waals surface area contributed by atoms with E-state index >= 15 is 0 Å². The van der Waals surface area contributed by atoms with E-state index in [-0.39, 0.29) is 17.7 Å². The number of ether oxygens (including phenoxy) is 1. The number of benzene rings is 1. The molecule has 0 saturated carbocycles. The van der Waals surface area contributed by atoms with Crippen LogP contribution in [0, 0.1) is 0 Å². The van der Waals surface area contributed by atoms with Gasteiger partial charge in [-0.2, -0.15) is 4.98 Å². The van der Waals surface area contributed by atoms with Gasteiger partial charge in [-0.05, 0) is 44.0 Å². The molecule has 4 rings (SSSR count). The topological polar surface area (TPSA) is 111 Å². The van der Waals surface area contributed by atoms with Crippen molar-refractivity contribution in [2.75, 3.05) is 13.7 Å². The molecular formula is C21H22N4O5. The van der Waals surface area contributed by atoms with Gasteiger partial charge >= 0.3 is 0 Å². The molecule has 3 heterocycles. The fourth-order valence-corrected chi connectivity index (χ4v) is 3.58. The van der Waals surface area contributed by atoms with Crippen LogP contribution in [0.3, 0.4) is 0 Å². The van der Waals surface area contributed by atoms with E-state index in [1.54, 1.807) is 31.1 Å². The lowest BCUT2D eigenvalue weighted by molar-refractivity contribution is -0.134. The number of furan rings is 1. The number of methoxy groups -OCH3 is 1. The number of para-hydroxylation sites is 1. The van der Waals surface area contributed by atoms with Gasteiger partial charge in [0.2, 0.25) is 17.6 Å². The summed E-state index contributed by atoms with van der Waals surface area (Å²) in [4.78, 5) is 31.3. The quantitative estimate of drug-likeness (QED) is 0.665. The van der Waals surface area contributed by atoms with Crippen LogP contribution in [-0.4, -0.2) is 46.6 Å². The van der Waals surface area contributed by atoms with Crippen molar-refractivity contribution in [2.24, 2.45) is 0 Å².